The maximum absolute atomic E-state index is 13.2. The molecular formula is C90H176O17P2. The van der Waals surface area contributed by atoms with Crippen LogP contribution in [0.4, 0.5) is 0 Å². The van der Waals surface area contributed by atoms with E-state index in [1.165, 1.54) is 270 Å². The van der Waals surface area contributed by atoms with Gasteiger partial charge < -0.3 is 33.8 Å². The Hall–Kier alpha value is -1.94. The summed E-state index contributed by atoms with van der Waals surface area (Å²) in [7, 11) is -9.94. The van der Waals surface area contributed by atoms with Crippen LogP contribution in [0.3, 0.4) is 0 Å². The van der Waals surface area contributed by atoms with Crippen LogP contribution in [0.2, 0.25) is 0 Å². The fraction of sp³-hybridized carbons (Fsp3) is 0.956. The molecule has 0 aliphatic heterocycles. The first-order valence-electron chi connectivity index (χ1n) is 46.2. The number of aliphatic hydroxyl groups is 1. The second-order valence-electron chi connectivity index (χ2n) is 34.0. The van der Waals surface area contributed by atoms with Crippen molar-refractivity contribution in [2.45, 2.75) is 491 Å². The van der Waals surface area contributed by atoms with Crippen molar-refractivity contribution in [3.63, 3.8) is 0 Å². The zero-order chi connectivity index (χ0) is 80.2. The summed E-state index contributed by atoms with van der Waals surface area (Å²) in [5.74, 6) is 1.07. The standard InChI is InChI=1S/C90H176O17P2/c1-9-83(8)69-61-53-48-49-55-63-71-88(93)101-77-86(107-90(95)73-64-56-46-40-34-28-21-17-13-11-15-19-25-31-37-43-51-59-67-81(4)5)79-105-109(98,99)103-75-84(91)74-102-108(96,97)104-78-85(106-89(94)72-65-57-47-41-35-29-23-22-26-32-38-44-52-60-68-82(6)7)76-100-87(92)70-62-54-45-39-33-27-20-16-12-10-14-18-24-30-36-42-50-58-66-80(2)3/h80-86,91H,9-79H2,1-8H3,(H,96,97)(H,98,99)/t83?,84-,85-,86-/m1/s1. The molecule has 0 heterocycles. The Bertz CT molecular complexity index is 2110. The molecule has 0 aliphatic carbocycles. The second kappa shape index (κ2) is 78.6. The third-order valence-electron chi connectivity index (χ3n) is 21.4. The fourth-order valence-electron chi connectivity index (χ4n) is 14.0. The second-order valence-corrected chi connectivity index (χ2v) is 36.9. The van der Waals surface area contributed by atoms with E-state index in [4.69, 9.17) is 37.0 Å². The maximum Gasteiger partial charge on any atom is 0.472 e. The summed E-state index contributed by atoms with van der Waals surface area (Å²) >= 11 is 0. The van der Waals surface area contributed by atoms with Gasteiger partial charge in [-0.1, -0.05) is 421 Å². The number of hydrogen-bond acceptors (Lipinski definition) is 15. The molecule has 0 bridgehead atoms. The molecule has 0 amide bonds. The summed E-state index contributed by atoms with van der Waals surface area (Å²) in [5, 5.41) is 10.7. The first-order chi connectivity index (χ1) is 52.6. The zero-order valence-electron chi connectivity index (χ0n) is 72.2. The number of phosphoric acid groups is 2. The lowest BCUT2D eigenvalue weighted by Crippen LogP contribution is -2.30. The topological polar surface area (TPSA) is 237 Å². The van der Waals surface area contributed by atoms with Gasteiger partial charge in [0, 0.05) is 25.7 Å². The Kier molecular flexibility index (Phi) is 77.2. The van der Waals surface area contributed by atoms with E-state index in [0.29, 0.717) is 25.7 Å². The molecule has 0 spiro atoms. The van der Waals surface area contributed by atoms with E-state index in [9.17, 15) is 43.2 Å². The molecule has 0 rings (SSSR count). The molecule has 3 N–H and O–H groups in total. The minimum absolute atomic E-state index is 0.107. The minimum Gasteiger partial charge on any atom is -0.462 e. The van der Waals surface area contributed by atoms with Crippen molar-refractivity contribution >= 4 is 39.5 Å². The molecule has 0 aromatic rings. The molecule has 3 unspecified atom stereocenters. The first-order valence-corrected chi connectivity index (χ1v) is 49.2. The fourth-order valence-corrected chi connectivity index (χ4v) is 15.6. The largest absolute Gasteiger partial charge is 0.472 e. The number of hydrogen-bond donors (Lipinski definition) is 3. The molecule has 0 radical (unpaired) electrons. The number of phosphoric ester groups is 2. The lowest BCUT2D eigenvalue weighted by molar-refractivity contribution is -0.161. The van der Waals surface area contributed by atoms with Gasteiger partial charge in [0.15, 0.2) is 12.2 Å². The van der Waals surface area contributed by atoms with E-state index >= 15 is 0 Å². The summed E-state index contributed by atoms with van der Waals surface area (Å²) in [6.45, 7) is 14.4. The number of carbonyl (C=O) groups excluding carboxylic acids is 4. The van der Waals surface area contributed by atoms with Gasteiger partial charge in [0.1, 0.15) is 19.3 Å². The number of aliphatic hydroxyl groups excluding tert-OH is 1. The minimum atomic E-state index is -4.97. The molecule has 648 valence electrons. The molecule has 109 heavy (non-hydrogen) atoms. The number of rotatable bonds is 87. The summed E-state index contributed by atoms with van der Waals surface area (Å²) < 4.78 is 69.0. The predicted molar refractivity (Wildman–Crippen MR) is 451 cm³/mol. The third kappa shape index (κ3) is 82.4. The van der Waals surface area contributed by atoms with Crippen LogP contribution < -0.4 is 0 Å². The lowest BCUT2D eigenvalue weighted by atomic mass is 10.00. The number of unbranched alkanes of at least 4 members (excludes halogenated alkanes) is 52. The van der Waals surface area contributed by atoms with Crippen LogP contribution in [0, 0.1) is 23.7 Å². The van der Waals surface area contributed by atoms with Gasteiger partial charge in [0.2, 0.25) is 0 Å². The van der Waals surface area contributed by atoms with Crippen molar-refractivity contribution in [3.8, 4) is 0 Å². The Balaban J connectivity index is 5.20. The average molecular weight is 1590 g/mol. The highest BCUT2D eigenvalue weighted by molar-refractivity contribution is 7.47. The van der Waals surface area contributed by atoms with E-state index in [-0.39, 0.29) is 25.7 Å². The van der Waals surface area contributed by atoms with Crippen molar-refractivity contribution in [1.29, 1.82) is 0 Å². The Labute approximate surface area is 670 Å². The molecule has 0 saturated heterocycles. The van der Waals surface area contributed by atoms with Crippen LogP contribution in [0.15, 0.2) is 0 Å². The SMILES string of the molecule is CCC(C)CCCCCCCCC(=O)OC[C@H](COP(=O)(O)OC[C@H](O)COP(=O)(O)OC[C@@H](COC(=O)CCCCCCCCCCCCCCCCCCCCC(C)C)OC(=O)CCCCCCCCCCCCCCCCC(C)C)OC(=O)CCCCCCCCCCCCCCCCCCCCC(C)C. The highest BCUT2D eigenvalue weighted by atomic mass is 31.2. The smallest absolute Gasteiger partial charge is 0.462 e. The summed E-state index contributed by atoms with van der Waals surface area (Å²) in [4.78, 5) is 73.3. The van der Waals surface area contributed by atoms with Crippen molar-refractivity contribution in [2.24, 2.45) is 23.7 Å². The molecule has 19 heteroatoms. The number of carbonyl (C=O) groups is 4. The lowest BCUT2D eigenvalue weighted by Gasteiger charge is -2.21. The van der Waals surface area contributed by atoms with Gasteiger partial charge in [-0.3, -0.25) is 37.3 Å². The number of ether oxygens (including phenoxy) is 4. The van der Waals surface area contributed by atoms with E-state index < -0.39 is 97.5 Å². The molecule has 0 aromatic heterocycles. The summed E-state index contributed by atoms with van der Waals surface area (Å²) in [6, 6.07) is 0. The van der Waals surface area contributed by atoms with Crippen LogP contribution >= 0.6 is 15.6 Å². The Morgan fingerprint density at radius 3 is 0.651 bits per heavy atom. The van der Waals surface area contributed by atoms with E-state index in [1.807, 2.05) is 0 Å². The monoisotopic (exact) mass is 1590 g/mol. The van der Waals surface area contributed by atoms with Crippen LogP contribution in [-0.2, 0) is 65.4 Å². The maximum atomic E-state index is 13.2. The molecule has 0 aromatic carbocycles. The molecule has 0 fully saturated rings. The van der Waals surface area contributed by atoms with Crippen molar-refractivity contribution in [3.05, 3.63) is 0 Å². The van der Waals surface area contributed by atoms with E-state index in [1.54, 1.807) is 0 Å². The Morgan fingerprint density at radius 1 is 0.257 bits per heavy atom. The first kappa shape index (κ1) is 107. The van der Waals surface area contributed by atoms with E-state index in [0.717, 1.165) is 120 Å². The van der Waals surface area contributed by atoms with Gasteiger partial charge in [-0.25, -0.2) is 9.13 Å². The molecular weight excluding hydrogens is 1410 g/mol. The quantitative estimate of drug-likeness (QED) is 0.0222. The molecule has 0 saturated carbocycles. The van der Waals surface area contributed by atoms with Gasteiger partial charge >= 0.3 is 39.5 Å². The highest BCUT2D eigenvalue weighted by Gasteiger charge is 2.31. The zero-order valence-corrected chi connectivity index (χ0v) is 74.0. The van der Waals surface area contributed by atoms with Crippen LogP contribution in [0.25, 0.3) is 0 Å². The van der Waals surface area contributed by atoms with Crippen LogP contribution in [-0.4, -0.2) is 96.7 Å². The Morgan fingerprint density at radius 2 is 0.440 bits per heavy atom. The van der Waals surface area contributed by atoms with Crippen LogP contribution in [0.1, 0.15) is 473 Å². The van der Waals surface area contributed by atoms with E-state index in [2.05, 4.69) is 55.4 Å². The van der Waals surface area contributed by atoms with Crippen molar-refractivity contribution < 1.29 is 80.2 Å². The average Bonchev–Trinajstić information content (AvgIpc) is 0.901. The summed E-state index contributed by atoms with van der Waals surface area (Å²) in [5.41, 5.74) is 0. The predicted octanol–water partition coefficient (Wildman–Crippen LogP) is 27.5. The normalized spacial score (nSPS) is 14.1. The third-order valence-corrected chi connectivity index (χ3v) is 23.3. The molecule has 6 atom stereocenters. The number of esters is 4. The van der Waals surface area contributed by atoms with Crippen molar-refractivity contribution in [2.75, 3.05) is 39.6 Å². The molecule has 17 nitrogen and oxygen atoms in total. The van der Waals surface area contributed by atoms with Gasteiger partial charge in [-0.15, -0.1) is 0 Å². The van der Waals surface area contributed by atoms with Gasteiger partial charge in [0.05, 0.1) is 26.4 Å². The molecule has 0 aliphatic rings. The van der Waals surface area contributed by atoms with Gasteiger partial charge in [0.25, 0.3) is 0 Å². The summed E-state index contributed by atoms with van der Waals surface area (Å²) in [6.07, 6.45) is 69.6. The van der Waals surface area contributed by atoms with Crippen molar-refractivity contribution in [1.82, 2.24) is 0 Å². The van der Waals surface area contributed by atoms with Gasteiger partial charge in [-0.2, -0.15) is 0 Å². The van der Waals surface area contributed by atoms with Gasteiger partial charge in [-0.05, 0) is 49.4 Å². The van der Waals surface area contributed by atoms with Crippen LogP contribution in [0.5, 0.6) is 0 Å². The highest BCUT2D eigenvalue weighted by Crippen LogP contribution is 2.45.